The number of nitrogens with one attached hydrogen (secondary N) is 1. The monoisotopic (exact) mass is 438 g/mol. The number of non-ortho nitro benzene ring substituents is 1. The summed E-state index contributed by atoms with van der Waals surface area (Å²) in [7, 11) is 1.50. The van der Waals surface area contributed by atoms with Crippen molar-refractivity contribution in [2.24, 2.45) is 5.10 Å². The molecule has 27 heavy (non-hydrogen) atoms. The molecule has 0 bridgehead atoms. The molecule has 0 aromatic heterocycles. The number of hydrazone groups is 1. The number of nitrogens with zero attached hydrogens (tertiary/aromatic N) is 3. The molecule has 10 nitrogen and oxygen atoms in total. The molecule has 0 heterocycles. The van der Waals surface area contributed by atoms with E-state index in [1.165, 1.54) is 19.4 Å². The summed E-state index contributed by atoms with van der Waals surface area (Å²) in [6, 6.07) is 6.71. The van der Waals surface area contributed by atoms with Crippen LogP contribution in [0, 0.1) is 20.2 Å². The molecule has 0 aliphatic carbocycles. The minimum absolute atomic E-state index is 0.0155. The van der Waals surface area contributed by atoms with Gasteiger partial charge in [0.25, 0.3) is 5.69 Å². The number of rotatable bonds is 8. The molecule has 2 aromatic carbocycles. The molecule has 0 atom stereocenters. The average molecular weight is 439 g/mol. The van der Waals surface area contributed by atoms with Gasteiger partial charge in [-0.15, -0.1) is 0 Å². The lowest BCUT2D eigenvalue weighted by Gasteiger charge is -2.12. The van der Waals surface area contributed by atoms with Crippen LogP contribution in [0.5, 0.6) is 11.5 Å². The summed E-state index contributed by atoms with van der Waals surface area (Å²) in [4.78, 5) is 20.5. The topological polar surface area (TPSA) is 129 Å². The van der Waals surface area contributed by atoms with Gasteiger partial charge in [-0.25, -0.2) is 0 Å². The molecule has 11 heteroatoms. The number of benzene rings is 2. The largest absolute Gasteiger partial charge is 0.493 e. The molecular formula is C16H15BrN4O6. The third kappa shape index (κ3) is 4.91. The molecular weight excluding hydrogens is 424 g/mol. The Hall–Kier alpha value is -3.21. The van der Waals surface area contributed by atoms with Gasteiger partial charge in [-0.2, -0.15) is 5.10 Å². The second-order valence-electron chi connectivity index (χ2n) is 5.05. The van der Waals surface area contributed by atoms with E-state index in [1.54, 1.807) is 12.1 Å². The van der Waals surface area contributed by atoms with Gasteiger partial charge in [0.15, 0.2) is 11.5 Å². The summed E-state index contributed by atoms with van der Waals surface area (Å²) < 4.78 is 11.6. The van der Waals surface area contributed by atoms with E-state index in [0.717, 1.165) is 16.6 Å². The minimum atomic E-state index is -0.724. The summed E-state index contributed by atoms with van der Waals surface area (Å²) >= 11 is 3.36. The molecule has 0 spiro atoms. The summed E-state index contributed by atoms with van der Waals surface area (Å²) in [6.07, 6.45) is 1.41. The van der Waals surface area contributed by atoms with Crippen molar-refractivity contribution in [2.75, 3.05) is 19.1 Å². The molecule has 0 radical (unpaired) electrons. The standard InChI is InChI=1S/C16H15BrN4O6/c1-3-27-16-10(6-11(17)7-15(16)26-2)9-18-19-13-5-4-12(20(22)23)8-14(13)21(24)25/h4-9,19H,3H2,1-2H3/b18-9+. The molecule has 2 rings (SSSR count). The van der Waals surface area contributed by atoms with Crippen LogP contribution in [0.25, 0.3) is 0 Å². The van der Waals surface area contributed by atoms with Crippen molar-refractivity contribution in [3.05, 3.63) is 60.6 Å². The highest BCUT2D eigenvalue weighted by molar-refractivity contribution is 9.10. The van der Waals surface area contributed by atoms with Gasteiger partial charge in [0.2, 0.25) is 0 Å². The number of anilines is 1. The zero-order chi connectivity index (χ0) is 20.0. The van der Waals surface area contributed by atoms with E-state index < -0.39 is 15.5 Å². The number of hydrogen-bond donors (Lipinski definition) is 1. The van der Waals surface area contributed by atoms with Crippen molar-refractivity contribution < 1.29 is 19.3 Å². The molecule has 0 fully saturated rings. The van der Waals surface area contributed by atoms with Gasteiger partial charge in [0.05, 0.1) is 35.8 Å². The van der Waals surface area contributed by atoms with Crippen LogP contribution in [-0.2, 0) is 0 Å². The molecule has 0 aliphatic heterocycles. The Morgan fingerprint density at radius 1 is 1.22 bits per heavy atom. The average Bonchev–Trinajstić information content (AvgIpc) is 2.63. The zero-order valence-electron chi connectivity index (χ0n) is 14.3. The van der Waals surface area contributed by atoms with Crippen LogP contribution >= 0.6 is 15.9 Å². The second-order valence-corrected chi connectivity index (χ2v) is 5.96. The van der Waals surface area contributed by atoms with E-state index in [2.05, 4.69) is 26.5 Å². The van der Waals surface area contributed by atoms with Gasteiger partial charge in [-0.1, -0.05) is 15.9 Å². The third-order valence-electron chi connectivity index (χ3n) is 3.33. The number of methoxy groups -OCH3 is 1. The van der Waals surface area contributed by atoms with Gasteiger partial charge >= 0.3 is 5.69 Å². The van der Waals surface area contributed by atoms with Crippen molar-refractivity contribution in [1.29, 1.82) is 0 Å². The second kappa shape index (κ2) is 8.94. The highest BCUT2D eigenvalue weighted by Gasteiger charge is 2.19. The molecule has 1 N–H and O–H groups in total. The van der Waals surface area contributed by atoms with Crippen LogP contribution in [0.15, 0.2) is 39.9 Å². The van der Waals surface area contributed by atoms with Crippen LogP contribution < -0.4 is 14.9 Å². The Kier molecular flexibility index (Phi) is 6.66. The van der Waals surface area contributed by atoms with Gasteiger partial charge < -0.3 is 9.47 Å². The number of nitro benzene ring substituents is 2. The molecule has 0 aliphatic rings. The van der Waals surface area contributed by atoms with Crippen LogP contribution in [0.2, 0.25) is 0 Å². The molecule has 0 saturated carbocycles. The lowest BCUT2D eigenvalue weighted by Crippen LogP contribution is -2.01. The lowest BCUT2D eigenvalue weighted by molar-refractivity contribution is -0.393. The Bertz CT molecular complexity index is 903. The first kappa shape index (κ1) is 20.1. The Balaban J connectivity index is 2.34. The SMILES string of the molecule is CCOc1c(/C=N/Nc2ccc([N+](=O)[O-])cc2[N+](=O)[O-])cc(Br)cc1OC. The highest BCUT2D eigenvalue weighted by Crippen LogP contribution is 2.34. The molecule has 142 valence electrons. The summed E-state index contributed by atoms with van der Waals surface area (Å²) in [5.41, 5.74) is 2.27. The fraction of sp³-hybridized carbons (Fsp3) is 0.188. The van der Waals surface area contributed by atoms with Gasteiger partial charge in [0.1, 0.15) is 5.69 Å². The first-order valence-electron chi connectivity index (χ1n) is 7.59. The quantitative estimate of drug-likeness (QED) is 0.372. The Morgan fingerprint density at radius 2 is 1.96 bits per heavy atom. The van der Waals surface area contributed by atoms with E-state index in [0.29, 0.717) is 23.7 Å². The zero-order valence-corrected chi connectivity index (χ0v) is 15.9. The van der Waals surface area contributed by atoms with Crippen molar-refractivity contribution in [3.63, 3.8) is 0 Å². The number of halogens is 1. The maximum Gasteiger partial charge on any atom is 0.301 e. The van der Waals surface area contributed by atoms with Crippen molar-refractivity contribution in [1.82, 2.24) is 0 Å². The van der Waals surface area contributed by atoms with Crippen molar-refractivity contribution in [3.8, 4) is 11.5 Å². The first-order valence-corrected chi connectivity index (χ1v) is 8.38. The lowest BCUT2D eigenvalue weighted by atomic mass is 10.2. The minimum Gasteiger partial charge on any atom is -0.493 e. The van der Waals surface area contributed by atoms with E-state index in [9.17, 15) is 20.2 Å². The summed E-state index contributed by atoms with van der Waals surface area (Å²) in [5, 5.41) is 25.9. The molecule has 0 amide bonds. The molecule has 2 aromatic rings. The Labute approximate surface area is 162 Å². The predicted octanol–water partition coefficient (Wildman–Crippen LogP) is 4.12. The summed E-state index contributed by atoms with van der Waals surface area (Å²) in [5.74, 6) is 0.959. The van der Waals surface area contributed by atoms with Crippen molar-refractivity contribution in [2.45, 2.75) is 6.92 Å². The van der Waals surface area contributed by atoms with Gasteiger partial charge in [-0.05, 0) is 25.1 Å². The van der Waals surface area contributed by atoms with Crippen LogP contribution in [-0.4, -0.2) is 29.8 Å². The van der Waals surface area contributed by atoms with E-state index >= 15 is 0 Å². The van der Waals surface area contributed by atoms with E-state index in [4.69, 9.17) is 9.47 Å². The fourth-order valence-corrected chi connectivity index (χ4v) is 2.64. The smallest absolute Gasteiger partial charge is 0.301 e. The third-order valence-corrected chi connectivity index (χ3v) is 3.79. The van der Waals surface area contributed by atoms with Crippen molar-refractivity contribution >= 4 is 39.2 Å². The fourth-order valence-electron chi connectivity index (χ4n) is 2.19. The number of ether oxygens (including phenoxy) is 2. The predicted molar refractivity (Wildman–Crippen MR) is 103 cm³/mol. The number of nitro groups is 2. The molecule has 0 unspecified atom stereocenters. The Morgan fingerprint density at radius 3 is 2.56 bits per heavy atom. The highest BCUT2D eigenvalue weighted by atomic mass is 79.9. The maximum absolute atomic E-state index is 11.1. The summed E-state index contributed by atoms with van der Waals surface area (Å²) in [6.45, 7) is 2.22. The van der Waals surface area contributed by atoms with Crippen LogP contribution in [0.1, 0.15) is 12.5 Å². The van der Waals surface area contributed by atoms with Gasteiger partial charge in [0, 0.05) is 16.1 Å². The van der Waals surface area contributed by atoms with E-state index in [1.807, 2.05) is 6.92 Å². The normalized spacial score (nSPS) is 10.6. The van der Waals surface area contributed by atoms with Crippen LogP contribution in [0.3, 0.4) is 0 Å². The van der Waals surface area contributed by atoms with E-state index in [-0.39, 0.29) is 11.4 Å². The first-order chi connectivity index (χ1) is 12.9. The van der Waals surface area contributed by atoms with Gasteiger partial charge in [-0.3, -0.25) is 25.7 Å². The molecule has 0 saturated heterocycles. The maximum atomic E-state index is 11.1. The number of hydrogen-bond acceptors (Lipinski definition) is 8. The van der Waals surface area contributed by atoms with Crippen LogP contribution in [0.4, 0.5) is 17.1 Å².